The molecule has 1 aromatic heterocycles. The third-order valence-corrected chi connectivity index (χ3v) is 1.36. The largest absolute Gasteiger partial charge is 0.197 e. The fraction of sp³-hybridized carbons (Fsp3) is 0.250. The molecule has 0 saturated carbocycles. The summed E-state index contributed by atoms with van der Waals surface area (Å²) in [4.78, 5) is 0. The Morgan fingerprint density at radius 2 is 1.45 bits per heavy atom. The first-order valence-electron chi connectivity index (χ1n) is 3.35. The molecular weight excluding hydrogens is 138 g/mol. The second-order valence-electron chi connectivity index (χ2n) is 2.58. The standard InChI is InChI=1S/C8H11N3/c1-5(2)7-8(6(3)4)10-11-9-7/h1,3H2,2,4H3,(H,9,10,11). The van der Waals surface area contributed by atoms with Crippen LogP contribution in [0, 0.1) is 0 Å². The number of allylic oxidation sites excluding steroid dienone is 2. The molecule has 0 aliphatic rings. The smallest absolute Gasteiger partial charge is 0.115 e. The molecule has 0 fully saturated rings. The average molecular weight is 149 g/mol. The number of nitrogens with zero attached hydrogens (tertiary/aromatic N) is 2. The highest BCUT2D eigenvalue weighted by atomic mass is 15.3. The van der Waals surface area contributed by atoms with E-state index in [1.807, 2.05) is 13.8 Å². The number of aromatic amines is 1. The maximum atomic E-state index is 3.94. The third kappa shape index (κ3) is 1.37. The van der Waals surface area contributed by atoms with Crippen LogP contribution in [0.15, 0.2) is 13.2 Å². The number of aromatic nitrogens is 3. The number of nitrogens with one attached hydrogen (secondary N) is 1. The van der Waals surface area contributed by atoms with Crippen LogP contribution in [0.3, 0.4) is 0 Å². The molecule has 1 aromatic rings. The molecular formula is C8H11N3. The summed E-state index contributed by atoms with van der Waals surface area (Å²) < 4.78 is 0. The molecule has 0 amide bonds. The normalized spacial score (nSPS) is 9.64. The van der Waals surface area contributed by atoms with Crippen molar-refractivity contribution >= 4 is 11.1 Å². The van der Waals surface area contributed by atoms with Gasteiger partial charge >= 0.3 is 0 Å². The topological polar surface area (TPSA) is 41.6 Å². The monoisotopic (exact) mass is 149 g/mol. The van der Waals surface area contributed by atoms with Crippen molar-refractivity contribution in [3.05, 3.63) is 24.5 Å². The van der Waals surface area contributed by atoms with Crippen LogP contribution in [-0.2, 0) is 0 Å². The van der Waals surface area contributed by atoms with E-state index in [2.05, 4.69) is 28.6 Å². The Morgan fingerprint density at radius 1 is 1.09 bits per heavy atom. The molecule has 1 N–H and O–H groups in total. The zero-order chi connectivity index (χ0) is 8.43. The first kappa shape index (κ1) is 7.72. The maximum Gasteiger partial charge on any atom is 0.115 e. The predicted octanol–water partition coefficient (Wildman–Crippen LogP) is 1.87. The maximum absolute atomic E-state index is 3.94. The van der Waals surface area contributed by atoms with E-state index < -0.39 is 0 Å². The highest BCUT2D eigenvalue weighted by Gasteiger charge is 2.07. The predicted molar refractivity (Wildman–Crippen MR) is 45.8 cm³/mol. The van der Waals surface area contributed by atoms with Crippen molar-refractivity contribution in [1.29, 1.82) is 0 Å². The Bertz CT molecular complexity index is 268. The number of rotatable bonds is 2. The van der Waals surface area contributed by atoms with Gasteiger partial charge in [-0.25, -0.2) is 0 Å². The zero-order valence-electron chi connectivity index (χ0n) is 6.81. The Kier molecular flexibility index (Phi) is 1.89. The van der Waals surface area contributed by atoms with Gasteiger partial charge in [0.15, 0.2) is 0 Å². The summed E-state index contributed by atoms with van der Waals surface area (Å²) in [6.07, 6.45) is 0. The minimum absolute atomic E-state index is 0.803. The molecule has 0 aliphatic carbocycles. The lowest BCUT2D eigenvalue weighted by atomic mass is 10.1. The molecule has 0 aromatic carbocycles. The van der Waals surface area contributed by atoms with E-state index in [1.165, 1.54) is 0 Å². The van der Waals surface area contributed by atoms with Crippen LogP contribution < -0.4 is 0 Å². The van der Waals surface area contributed by atoms with Gasteiger partial charge in [-0.15, -0.1) is 0 Å². The molecule has 3 nitrogen and oxygen atoms in total. The SMILES string of the molecule is C=C(C)c1n[nH]nc1C(=C)C. The van der Waals surface area contributed by atoms with Crippen LogP contribution in [-0.4, -0.2) is 15.4 Å². The molecule has 1 rings (SSSR count). The van der Waals surface area contributed by atoms with Crippen LogP contribution in [0.25, 0.3) is 11.1 Å². The van der Waals surface area contributed by atoms with Crippen molar-refractivity contribution < 1.29 is 0 Å². The van der Waals surface area contributed by atoms with Gasteiger partial charge in [0, 0.05) is 0 Å². The van der Waals surface area contributed by atoms with Gasteiger partial charge in [0.25, 0.3) is 0 Å². The molecule has 0 spiro atoms. The molecule has 0 bridgehead atoms. The van der Waals surface area contributed by atoms with Crippen molar-refractivity contribution in [2.24, 2.45) is 0 Å². The van der Waals surface area contributed by atoms with E-state index in [-0.39, 0.29) is 0 Å². The van der Waals surface area contributed by atoms with E-state index in [0.29, 0.717) is 0 Å². The molecule has 0 unspecified atom stereocenters. The second-order valence-corrected chi connectivity index (χ2v) is 2.58. The molecule has 0 aliphatic heterocycles. The fourth-order valence-electron chi connectivity index (χ4n) is 0.826. The Hall–Kier alpha value is -1.38. The van der Waals surface area contributed by atoms with Crippen molar-refractivity contribution in [3.8, 4) is 0 Å². The lowest BCUT2D eigenvalue weighted by Crippen LogP contribution is -1.85. The summed E-state index contributed by atoms with van der Waals surface area (Å²) in [7, 11) is 0. The van der Waals surface area contributed by atoms with Crippen LogP contribution in [0.1, 0.15) is 25.2 Å². The van der Waals surface area contributed by atoms with Gasteiger partial charge in [-0.1, -0.05) is 13.2 Å². The Balaban J connectivity index is 3.16. The van der Waals surface area contributed by atoms with Crippen LogP contribution in [0.2, 0.25) is 0 Å². The van der Waals surface area contributed by atoms with E-state index in [9.17, 15) is 0 Å². The first-order valence-corrected chi connectivity index (χ1v) is 3.35. The first-order chi connectivity index (χ1) is 5.13. The summed E-state index contributed by atoms with van der Waals surface area (Å²) in [6, 6.07) is 0. The highest BCUT2D eigenvalue weighted by Crippen LogP contribution is 2.17. The van der Waals surface area contributed by atoms with Gasteiger partial charge in [0.05, 0.1) is 0 Å². The second kappa shape index (κ2) is 2.70. The molecule has 3 heteroatoms. The van der Waals surface area contributed by atoms with E-state index in [4.69, 9.17) is 0 Å². The Morgan fingerprint density at radius 3 is 1.73 bits per heavy atom. The van der Waals surface area contributed by atoms with Gasteiger partial charge in [-0.2, -0.15) is 15.4 Å². The molecule has 0 saturated heterocycles. The minimum Gasteiger partial charge on any atom is -0.197 e. The quantitative estimate of drug-likeness (QED) is 0.697. The average Bonchev–Trinajstić information content (AvgIpc) is 2.32. The summed E-state index contributed by atoms with van der Waals surface area (Å²) in [5.41, 5.74) is 3.41. The third-order valence-electron chi connectivity index (χ3n) is 1.36. The summed E-state index contributed by atoms with van der Waals surface area (Å²) >= 11 is 0. The number of hydrogen-bond acceptors (Lipinski definition) is 2. The zero-order valence-corrected chi connectivity index (χ0v) is 6.81. The molecule has 1 heterocycles. The van der Waals surface area contributed by atoms with Gasteiger partial charge in [-0.05, 0) is 25.0 Å². The molecule has 58 valence electrons. The van der Waals surface area contributed by atoms with Crippen LogP contribution in [0.5, 0.6) is 0 Å². The lowest BCUT2D eigenvalue weighted by molar-refractivity contribution is 0.932. The number of H-pyrrole nitrogens is 1. The lowest BCUT2D eigenvalue weighted by Gasteiger charge is -1.95. The van der Waals surface area contributed by atoms with Crippen molar-refractivity contribution in [2.75, 3.05) is 0 Å². The van der Waals surface area contributed by atoms with Crippen molar-refractivity contribution in [2.45, 2.75) is 13.8 Å². The minimum atomic E-state index is 0.803. The summed E-state index contributed by atoms with van der Waals surface area (Å²) in [5.74, 6) is 0. The molecule has 11 heavy (non-hydrogen) atoms. The number of hydrogen-bond donors (Lipinski definition) is 1. The van der Waals surface area contributed by atoms with Crippen LogP contribution >= 0.6 is 0 Å². The van der Waals surface area contributed by atoms with Gasteiger partial charge in [0.1, 0.15) is 11.4 Å². The summed E-state index contributed by atoms with van der Waals surface area (Å²) in [5, 5.41) is 10.4. The van der Waals surface area contributed by atoms with E-state index in [0.717, 1.165) is 22.5 Å². The Labute approximate surface area is 65.8 Å². The van der Waals surface area contributed by atoms with E-state index >= 15 is 0 Å². The van der Waals surface area contributed by atoms with Gasteiger partial charge < -0.3 is 0 Å². The fourth-order valence-corrected chi connectivity index (χ4v) is 0.826. The molecule has 0 radical (unpaired) electrons. The summed E-state index contributed by atoms with van der Waals surface area (Å²) in [6.45, 7) is 11.3. The van der Waals surface area contributed by atoms with Crippen molar-refractivity contribution in [3.63, 3.8) is 0 Å². The van der Waals surface area contributed by atoms with Gasteiger partial charge in [-0.3, -0.25) is 0 Å². The molecule has 0 atom stereocenters. The van der Waals surface area contributed by atoms with Gasteiger partial charge in [0.2, 0.25) is 0 Å². The highest BCUT2D eigenvalue weighted by molar-refractivity contribution is 5.71. The van der Waals surface area contributed by atoms with Crippen LogP contribution in [0.4, 0.5) is 0 Å². The van der Waals surface area contributed by atoms with Crippen molar-refractivity contribution in [1.82, 2.24) is 15.4 Å². The van der Waals surface area contributed by atoms with E-state index in [1.54, 1.807) is 0 Å².